The van der Waals surface area contributed by atoms with E-state index in [1.807, 2.05) is 0 Å². The van der Waals surface area contributed by atoms with Crippen molar-refractivity contribution < 1.29 is 23.3 Å². The fourth-order valence-electron chi connectivity index (χ4n) is 1.23. The van der Waals surface area contributed by atoms with Crippen molar-refractivity contribution in [2.75, 3.05) is 6.61 Å². The molecule has 1 fully saturated rings. The highest BCUT2D eigenvalue weighted by atomic mass is 19.4. The molecule has 1 aliphatic rings. The Morgan fingerprint density at radius 1 is 1.41 bits per heavy atom. The number of rotatable bonds is 2. The van der Waals surface area contributed by atoms with Gasteiger partial charge in [-0.2, -0.15) is 13.2 Å². The Kier molecular flexibility index (Phi) is 4.89. The Hall–Kier alpha value is -1.14. The summed E-state index contributed by atoms with van der Waals surface area (Å²) in [6, 6.07) is 2.57. The van der Waals surface area contributed by atoms with Crippen LogP contribution in [0.5, 0.6) is 0 Å². The van der Waals surface area contributed by atoms with E-state index in [1.165, 1.54) is 12.3 Å². The summed E-state index contributed by atoms with van der Waals surface area (Å²) in [4.78, 5) is 6.93. The summed E-state index contributed by atoms with van der Waals surface area (Å²) in [5.41, 5.74) is 0.116. The Morgan fingerprint density at radius 3 is 2.29 bits per heavy atom. The zero-order chi connectivity index (χ0) is 12.9. The molecule has 1 aromatic rings. The van der Waals surface area contributed by atoms with Crippen LogP contribution in [0, 0.1) is 0 Å². The number of alkyl halides is 3. The van der Waals surface area contributed by atoms with Crippen LogP contribution < -0.4 is 0 Å². The van der Waals surface area contributed by atoms with Gasteiger partial charge >= 0.3 is 6.18 Å². The summed E-state index contributed by atoms with van der Waals surface area (Å²) in [6.07, 6.45) is -0.831. The molecule has 96 valence electrons. The topological polar surface area (TPSA) is 42.4 Å². The van der Waals surface area contributed by atoms with Crippen LogP contribution in [0.25, 0.3) is 0 Å². The van der Waals surface area contributed by atoms with E-state index in [1.54, 1.807) is 6.92 Å². The second-order valence-corrected chi connectivity index (χ2v) is 3.67. The second-order valence-electron chi connectivity index (χ2n) is 3.67. The number of hydrogen-bond donors (Lipinski definition) is 1. The summed E-state index contributed by atoms with van der Waals surface area (Å²) in [5.74, 6) is 0.454. The maximum Gasteiger partial charge on any atom is 0.433 e. The van der Waals surface area contributed by atoms with E-state index in [-0.39, 0.29) is 0 Å². The van der Waals surface area contributed by atoms with Gasteiger partial charge in [0.05, 0.1) is 6.61 Å². The lowest BCUT2D eigenvalue weighted by Gasteiger charge is -2.05. The average molecular weight is 249 g/mol. The van der Waals surface area contributed by atoms with Gasteiger partial charge in [-0.25, -0.2) is 4.89 Å². The van der Waals surface area contributed by atoms with Gasteiger partial charge in [-0.3, -0.25) is 10.2 Å². The molecule has 1 heterocycles. The molecule has 1 saturated carbocycles. The number of nitrogens with zero attached hydrogens (tertiary/aromatic N) is 1. The van der Waals surface area contributed by atoms with Crippen molar-refractivity contribution in [3.05, 3.63) is 29.6 Å². The van der Waals surface area contributed by atoms with Gasteiger partial charge in [-0.05, 0) is 37.3 Å². The number of hydrogen-bond acceptors (Lipinski definition) is 3. The van der Waals surface area contributed by atoms with Gasteiger partial charge in [0.1, 0.15) is 5.69 Å². The summed E-state index contributed by atoms with van der Waals surface area (Å²) >= 11 is 0. The molecule has 6 heteroatoms. The standard InChI is InChI=1S/C9H8F3N.C2H6O2/c10-9(11,12)8-4-3-7(5-13-8)6-1-2-6;1-2-4-3/h3-6H,1-2H2;3H,2H2,1H3. The van der Waals surface area contributed by atoms with E-state index >= 15 is 0 Å². The minimum atomic E-state index is -4.32. The van der Waals surface area contributed by atoms with Crippen molar-refractivity contribution in [1.82, 2.24) is 4.98 Å². The van der Waals surface area contributed by atoms with Crippen molar-refractivity contribution in [1.29, 1.82) is 0 Å². The largest absolute Gasteiger partial charge is 0.433 e. The van der Waals surface area contributed by atoms with Crippen LogP contribution in [0.1, 0.15) is 36.9 Å². The molecular weight excluding hydrogens is 235 g/mol. The van der Waals surface area contributed by atoms with Crippen LogP contribution in [0.2, 0.25) is 0 Å². The summed E-state index contributed by atoms with van der Waals surface area (Å²) in [6.45, 7) is 2.08. The first-order chi connectivity index (χ1) is 7.99. The molecule has 0 aliphatic heterocycles. The van der Waals surface area contributed by atoms with Crippen molar-refractivity contribution >= 4 is 0 Å². The van der Waals surface area contributed by atoms with Crippen molar-refractivity contribution in [2.45, 2.75) is 31.9 Å². The van der Waals surface area contributed by atoms with E-state index < -0.39 is 11.9 Å². The minimum Gasteiger partial charge on any atom is -0.252 e. The Balaban J connectivity index is 0.000000317. The predicted octanol–water partition coefficient (Wildman–Crippen LogP) is 3.47. The van der Waals surface area contributed by atoms with Crippen LogP contribution in [0.3, 0.4) is 0 Å². The first-order valence-corrected chi connectivity index (χ1v) is 5.28. The van der Waals surface area contributed by atoms with Crippen molar-refractivity contribution in [3.8, 4) is 0 Å². The smallest absolute Gasteiger partial charge is 0.252 e. The molecule has 17 heavy (non-hydrogen) atoms. The van der Waals surface area contributed by atoms with Crippen molar-refractivity contribution in [2.24, 2.45) is 0 Å². The Labute approximate surface area is 97.2 Å². The Bertz CT molecular complexity index is 332. The van der Waals surface area contributed by atoms with Gasteiger partial charge in [-0.15, -0.1) is 0 Å². The minimum absolute atomic E-state index is 0.375. The second kappa shape index (κ2) is 5.97. The lowest BCUT2D eigenvalue weighted by atomic mass is 10.2. The molecule has 0 radical (unpaired) electrons. The van der Waals surface area contributed by atoms with E-state index in [2.05, 4.69) is 9.87 Å². The number of halogens is 3. The molecule has 1 aromatic heterocycles. The van der Waals surface area contributed by atoms with Gasteiger partial charge in [0.15, 0.2) is 0 Å². The lowest BCUT2D eigenvalue weighted by Crippen LogP contribution is -2.07. The molecule has 0 aromatic carbocycles. The quantitative estimate of drug-likeness (QED) is 0.644. The normalized spacial score (nSPS) is 15.1. The monoisotopic (exact) mass is 249 g/mol. The van der Waals surface area contributed by atoms with Gasteiger partial charge in [0, 0.05) is 6.20 Å². The molecule has 1 aliphatic carbocycles. The third-order valence-corrected chi connectivity index (χ3v) is 2.25. The van der Waals surface area contributed by atoms with Gasteiger partial charge in [-0.1, -0.05) is 6.07 Å². The third-order valence-electron chi connectivity index (χ3n) is 2.25. The van der Waals surface area contributed by atoms with E-state index in [4.69, 9.17) is 5.26 Å². The molecule has 3 nitrogen and oxygen atoms in total. The van der Waals surface area contributed by atoms with Gasteiger partial charge < -0.3 is 0 Å². The first-order valence-electron chi connectivity index (χ1n) is 5.28. The lowest BCUT2D eigenvalue weighted by molar-refractivity contribution is -0.237. The summed E-state index contributed by atoms with van der Waals surface area (Å²) in [7, 11) is 0. The number of aromatic nitrogens is 1. The highest BCUT2D eigenvalue weighted by Gasteiger charge is 2.33. The highest BCUT2D eigenvalue weighted by molar-refractivity contribution is 5.23. The fourth-order valence-corrected chi connectivity index (χ4v) is 1.23. The zero-order valence-electron chi connectivity index (χ0n) is 9.37. The molecule has 0 unspecified atom stereocenters. The van der Waals surface area contributed by atoms with E-state index in [0.29, 0.717) is 12.5 Å². The molecule has 0 saturated heterocycles. The van der Waals surface area contributed by atoms with Gasteiger partial charge in [0.2, 0.25) is 0 Å². The van der Waals surface area contributed by atoms with Crippen LogP contribution in [-0.2, 0) is 11.1 Å². The molecular formula is C11H14F3NO2. The molecule has 2 rings (SSSR count). The summed E-state index contributed by atoms with van der Waals surface area (Å²) in [5, 5.41) is 7.38. The van der Waals surface area contributed by atoms with E-state index in [0.717, 1.165) is 24.5 Å². The molecule has 1 N–H and O–H groups in total. The third kappa shape index (κ3) is 4.70. The molecule has 0 amide bonds. The van der Waals surface area contributed by atoms with Crippen LogP contribution >= 0.6 is 0 Å². The molecule has 0 atom stereocenters. The fraction of sp³-hybridized carbons (Fsp3) is 0.545. The predicted molar refractivity (Wildman–Crippen MR) is 55.5 cm³/mol. The maximum absolute atomic E-state index is 12.1. The van der Waals surface area contributed by atoms with Gasteiger partial charge in [0.25, 0.3) is 0 Å². The molecule has 0 spiro atoms. The average Bonchev–Trinajstić information content (AvgIpc) is 3.12. The Morgan fingerprint density at radius 2 is 2.00 bits per heavy atom. The number of pyridine rings is 1. The van der Waals surface area contributed by atoms with Crippen LogP contribution in [0.4, 0.5) is 13.2 Å². The van der Waals surface area contributed by atoms with Crippen LogP contribution in [-0.4, -0.2) is 16.8 Å². The maximum atomic E-state index is 12.1. The first kappa shape index (κ1) is 13.9. The SMILES string of the molecule is CCOO.FC(F)(F)c1ccc(C2CC2)cn1. The summed E-state index contributed by atoms with van der Waals surface area (Å²) < 4.78 is 36.2. The zero-order valence-corrected chi connectivity index (χ0v) is 9.37. The van der Waals surface area contributed by atoms with E-state index in [9.17, 15) is 13.2 Å². The highest BCUT2D eigenvalue weighted by Crippen LogP contribution is 2.40. The van der Waals surface area contributed by atoms with Crippen molar-refractivity contribution in [3.63, 3.8) is 0 Å². The van der Waals surface area contributed by atoms with Crippen LogP contribution in [0.15, 0.2) is 18.3 Å². The molecule has 0 bridgehead atoms.